The van der Waals surface area contributed by atoms with Crippen molar-refractivity contribution in [1.82, 2.24) is 9.97 Å². The number of nitrogens with two attached hydrogens (primary N) is 2. The van der Waals surface area contributed by atoms with Crippen molar-refractivity contribution in [2.45, 2.75) is 0 Å². The molecule has 0 aliphatic heterocycles. The molecule has 0 aliphatic carbocycles. The Labute approximate surface area is 58.6 Å². The molecule has 4 nitrogen and oxygen atoms in total. The van der Waals surface area contributed by atoms with Crippen molar-refractivity contribution in [3.8, 4) is 0 Å². The van der Waals surface area contributed by atoms with Gasteiger partial charge in [-0.15, -0.1) is 0 Å². The van der Waals surface area contributed by atoms with Crippen LogP contribution in [0.15, 0.2) is 18.6 Å². The molecule has 0 spiro atoms. The zero-order chi connectivity index (χ0) is 7.40. The van der Waals surface area contributed by atoms with Crippen LogP contribution in [-0.2, 0) is 0 Å². The summed E-state index contributed by atoms with van der Waals surface area (Å²) in [6, 6.07) is 0. The lowest BCUT2D eigenvalue weighted by Gasteiger charge is -1.90. The third-order valence-electron chi connectivity index (χ3n) is 0.937. The summed E-state index contributed by atoms with van der Waals surface area (Å²) in [7, 11) is 0. The standard InChI is InChI=1S/C6H8N4/c7-2-1-6-9-3-5(8)4-10-6/h1-4H,7-8H2. The van der Waals surface area contributed by atoms with E-state index in [1.165, 1.54) is 18.6 Å². The van der Waals surface area contributed by atoms with Crippen LogP contribution in [0.3, 0.4) is 0 Å². The van der Waals surface area contributed by atoms with Crippen molar-refractivity contribution in [2.24, 2.45) is 5.73 Å². The molecule has 0 atom stereocenters. The van der Waals surface area contributed by atoms with Gasteiger partial charge >= 0.3 is 0 Å². The van der Waals surface area contributed by atoms with E-state index in [0.29, 0.717) is 11.5 Å². The fraction of sp³-hybridized carbons (Fsp3) is 0. The Morgan fingerprint density at radius 1 is 1.30 bits per heavy atom. The molecule has 1 aromatic rings. The first kappa shape index (κ1) is 6.54. The van der Waals surface area contributed by atoms with Gasteiger partial charge in [0.05, 0.1) is 18.1 Å². The average molecular weight is 136 g/mol. The van der Waals surface area contributed by atoms with Crippen LogP contribution >= 0.6 is 0 Å². The minimum atomic E-state index is 0.550. The zero-order valence-electron chi connectivity index (χ0n) is 5.36. The van der Waals surface area contributed by atoms with Crippen LogP contribution in [0.1, 0.15) is 5.82 Å². The molecule has 0 aliphatic rings. The number of aromatic nitrogens is 2. The van der Waals surface area contributed by atoms with Crippen LogP contribution in [0.5, 0.6) is 0 Å². The number of hydrogen-bond acceptors (Lipinski definition) is 4. The van der Waals surface area contributed by atoms with Crippen molar-refractivity contribution in [3.05, 3.63) is 24.4 Å². The van der Waals surface area contributed by atoms with Gasteiger partial charge in [-0.2, -0.15) is 0 Å². The van der Waals surface area contributed by atoms with Crippen LogP contribution in [0, 0.1) is 0 Å². The van der Waals surface area contributed by atoms with E-state index in [1.807, 2.05) is 0 Å². The summed E-state index contributed by atoms with van der Waals surface area (Å²) in [4.78, 5) is 7.73. The second-order valence-corrected chi connectivity index (χ2v) is 1.73. The molecule has 0 amide bonds. The van der Waals surface area contributed by atoms with Crippen molar-refractivity contribution in [3.63, 3.8) is 0 Å². The van der Waals surface area contributed by atoms with E-state index >= 15 is 0 Å². The van der Waals surface area contributed by atoms with E-state index in [9.17, 15) is 0 Å². The monoisotopic (exact) mass is 136 g/mol. The topological polar surface area (TPSA) is 77.8 Å². The van der Waals surface area contributed by atoms with Crippen LogP contribution in [0.4, 0.5) is 5.69 Å². The van der Waals surface area contributed by atoms with Gasteiger partial charge in [-0.25, -0.2) is 9.97 Å². The van der Waals surface area contributed by atoms with Crippen LogP contribution in [0.25, 0.3) is 6.08 Å². The minimum Gasteiger partial charge on any atom is -0.404 e. The molecule has 4 heteroatoms. The number of rotatable bonds is 1. The molecule has 0 fully saturated rings. The molecule has 10 heavy (non-hydrogen) atoms. The molecule has 1 rings (SSSR count). The van der Waals surface area contributed by atoms with Gasteiger partial charge in [0, 0.05) is 0 Å². The lowest BCUT2D eigenvalue weighted by molar-refractivity contribution is 1.14. The van der Waals surface area contributed by atoms with Gasteiger partial charge in [-0.1, -0.05) is 0 Å². The van der Waals surface area contributed by atoms with E-state index in [2.05, 4.69) is 9.97 Å². The molecule has 0 aromatic carbocycles. The maximum absolute atomic E-state index is 5.34. The second-order valence-electron chi connectivity index (χ2n) is 1.73. The highest BCUT2D eigenvalue weighted by molar-refractivity contribution is 5.41. The zero-order valence-corrected chi connectivity index (χ0v) is 5.36. The minimum absolute atomic E-state index is 0.550. The first-order chi connectivity index (χ1) is 4.83. The Morgan fingerprint density at radius 2 is 1.90 bits per heavy atom. The van der Waals surface area contributed by atoms with Crippen LogP contribution < -0.4 is 11.5 Å². The summed E-state index contributed by atoms with van der Waals surface area (Å²) >= 11 is 0. The third kappa shape index (κ3) is 1.45. The fourth-order valence-corrected chi connectivity index (χ4v) is 0.520. The Morgan fingerprint density at radius 3 is 2.40 bits per heavy atom. The van der Waals surface area contributed by atoms with E-state index < -0.39 is 0 Å². The van der Waals surface area contributed by atoms with E-state index in [4.69, 9.17) is 11.5 Å². The Kier molecular flexibility index (Phi) is 1.84. The average Bonchev–Trinajstić information content (AvgIpc) is 1.95. The lowest BCUT2D eigenvalue weighted by atomic mass is 10.5. The summed E-state index contributed by atoms with van der Waals surface area (Å²) in [5.41, 5.74) is 11.0. The number of nitrogen functional groups attached to an aromatic ring is 1. The molecule has 1 aromatic heterocycles. The molecule has 0 radical (unpaired) electrons. The van der Waals surface area contributed by atoms with Crippen LogP contribution in [0.2, 0.25) is 0 Å². The number of hydrogen-bond donors (Lipinski definition) is 2. The van der Waals surface area contributed by atoms with Crippen LogP contribution in [-0.4, -0.2) is 9.97 Å². The fourth-order valence-electron chi connectivity index (χ4n) is 0.520. The molecule has 52 valence electrons. The van der Waals surface area contributed by atoms with Gasteiger partial charge in [-0.05, 0) is 12.3 Å². The van der Waals surface area contributed by atoms with E-state index in [-0.39, 0.29) is 0 Å². The first-order valence-corrected chi connectivity index (χ1v) is 2.78. The molecule has 0 saturated heterocycles. The quantitative estimate of drug-likeness (QED) is 0.569. The van der Waals surface area contributed by atoms with Gasteiger partial charge < -0.3 is 11.5 Å². The second kappa shape index (κ2) is 2.82. The van der Waals surface area contributed by atoms with E-state index in [1.54, 1.807) is 6.08 Å². The highest BCUT2D eigenvalue weighted by Crippen LogP contribution is 1.96. The molecule has 4 N–H and O–H groups in total. The predicted octanol–water partition coefficient (Wildman–Crippen LogP) is -0.0118. The van der Waals surface area contributed by atoms with Gasteiger partial charge in [-0.3, -0.25) is 0 Å². The summed E-state index contributed by atoms with van der Waals surface area (Å²) in [5.74, 6) is 0.566. The lowest BCUT2D eigenvalue weighted by Crippen LogP contribution is -1.91. The number of nitrogens with zero attached hydrogens (tertiary/aromatic N) is 2. The van der Waals surface area contributed by atoms with Gasteiger partial charge in [0.2, 0.25) is 0 Å². The predicted molar refractivity (Wildman–Crippen MR) is 39.7 cm³/mol. The summed E-state index contributed by atoms with van der Waals surface area (Å²) in [6.07, 6.45) is 6.04. The smallest absolute Gasteiger partial charge is 0.153 e. The molecule has 0 bridgehead atoms. The Hall–Kier alpha value is -1.58. The maximum Gasteiger partial charge on any atom is 0.153 e. The molecular formula is C6H8N4. The SMILES string of the molecule is NC=Cc1ncc(N)cn1. The molecule has 0 unspecified atom stereocenters. The van der Waals surface area contributed by atoms with Crippen molar-refractivity contribution < 1.29 is 0 Å². The first-order valence-electron chi connectivity index (χ1n) is 2.78. The Balaban J connectivity index is 2.89. The molecular weight excluding hydrogens is 128 g/mol. The van der Waals surface area contributed by atoms with Crippen molar-refractivity contribution in [2.75, 3.05) is 5.73 Å². The highest BCUT2D eigenvalue weighted by atomic mass is 14.9. The van der Waals surface area contributed by atoms with Crippen molar-refractivity contribution >= 4 is 11.8 Å². The summed E-state index contributed by atoms with van der Waals surface area (Å²) < 4.78 is 0. The summed E-state index contributed by atoms with van der Waals surface area (Å²) in [6.45, 7) is 0. The Bertz CT molecular complexity index is 226. The largest absolute Gasteiger partial charge is 0.404 e. The normalized spacial score (nSPS) is 10.4. The molecule has 0 saturated carbocycles. The number of anilines is 1. The third-order valence-corrected chi connectivity index (χ3v) is 0.937. The summed E-state index contributed by atoms with van der Waals surface area (Å²) in [5, 5.41) is 0. The van der Waals surface area contributed by atoms with Crippen molar-refractivity contribution in [1.29, 1.82) is 0 Å². The maximum atomic E-state index is 5.34. The molecule has 1 heterocycles. The van der Waals surface area contributed by atoms with E-state index in [0.717, 1.165) is 0 Å². The van der Waals surface area contributed by atoms with Gasteiger partial charge in [0.15, 0.2) is 5.82 Å². The van der Waals surface area contributed by atoms with Gasteiger partial charge in [0.25, 0.3) is 0 Å². The highest BCUT2D eigenvalue weighted by Gasteiger charge is 1.86. The van der Waals surface area contributed by atoms with Gasteiger partial charge in [0.1, 0.15) is 0 Å².